The number of halogens is 3. The molecule has 0 saturated carbocycles. The van der Waals surface area contributed by atoms with Crippen LogP contribution in [0.25, 0.3) is 0 Å². The minimum absolute atomic E-state index is 0.191. The highest BCUT2D eigenvalue weighted by Crippen LogP contribution is 2.15. The fourth-order valence-electron chi connectivity index (χ4n) is 0.112. The highest BCUT2D eigenvalue weighted by Gasteiger charge is 2.42. The van der Waals surface area contributed by atoms with Crippen LogP contribution in [0.5, 0.6) is 0 Å². The molecule has 0 heterocycles. The lowest BCUT2D eigenvalue weighted by Crippen LogP contribution is -2.26. The third kappa shape index (κ3) is 3.31. The molecule has 10 heavy (non-hydrogen) atoms. The van der Waals surface area contributed by atoms with E-state index in [0.717, 1.165) is 0 Å². The lowest BCUT2D eigenvalue weighted by molar-refractivity contribution is -0.260. The van der Waals surface area contributed by atoms with E-state index in [1.54, 1.807) is 0 Å². The molecule has 8 heteroatoms. The minimum atomic E-state index is -5.11. The van der Waals surface area contributed by atoms with Gasteiger partial charge in [-0.1, -0.05) is 0 Å². The van der Waals surface area contributed by atoms with E-state index in [2.05, 4.69) is 9.69 Å². The molecule has 0 aliphatic heterocycles. The van der Waals surface area contributed by atoms with Gasteiger partial charge in [-0.3, -0.25) is 0 Å². The lowest BCUT2D eigenvalue weighted by atomic mass is 10.4. The molecule has 1 radical (unpaired) electrons. The van der Waals surface area contributed by atoms with Crippen LogP contribution in [0.4, 0.5) is 13.2 Å². The zero-order chi connectivity index (χ0) is 8.20. The molecule has 4 nitrogen and oxygen atoms in total. The van der Waals surface area contributed by atoms with Gasteiger partial charge in [-0.05, 0) is 0 Å². The molecule has 0 saturated heterocycles. The summed E-state index contributed by atoms with van der Waals surface area (Å²) in [5, 5.41) is 7.59. The van der Waals surface area contributed by atoms with E-state index in [4.69, 9.17) is 5.02 Å². The standard InChI is InChI=1S/C2HBF3O4/c4-2(5,6)1(7)9-10-3-8/h8H. The second-order valence-corrected chi connectivity index (χ2v) is 1.07. The Labute approximate surface area is 53.8 Å². The molecule has 0 aliphatic rings. The van der Waals surface area contributed by atoms with Crippen LogP contribution in [-0.2, 0) is 14.5 Å². The summed E-state index contributed by atoms with van der Waals surface area (Å²) < 4.78 is 33.4. The maximum Gasteiger partial charge on any atom is 0.539 e. The lowest BCUT2D eigenvalue weighted by Gasteiger charge is -2.02. The molecule has 0 fully saturated rings. The van der Waals surface area contributed by atoms with E-state index < -0.39 is 12.1 Å². The van der Waals surface area contributed by atoms with E-state index in [1.807, 2.05) is 0 Å². The molecule has 1 N–H and O–H groups in total. The molecule has 0 bridgehead atoms. The molecule has 57 valence electrons. The van der Waals surface area contributed by atoms with Crippen molar-refractivity contribution in [2.24, 2.45) is 0 Å². The Bertz CT molecular complexity index is 122. The first kappa shape index (κ1) is 9.24. The first-order valence-corrected chi connectivity index (χ1v) is 1.89. The summed E-state index contributed by atoms with van der Waals surface area (Å²) >= 11 is 0. The van der Waals surface area contributed by atoms with E-state index in [9.17, 15) is 18.0 Å². The van der Waals surface area contributed by atoms with Gasteiger partial charge in [-0.25, -0.2) is 9.60 Å². The van der Waals surface area contributed by atoms with Gasteiger partial charge in [0, 0.05) is 0 Å². The fourth-order valence-corrected chi connectivity index (χ4v) is 0.112. The summed E-state index contributed by atoms with van der Waals surface area (Å²) in [5.41, 5.74) is 0. The van der Waals surface area contributed by atoms with Gasteiger partial charge < -0.3 is 9.91 Å². The van der Waals surface area contributed by atoms with Gasteiger partial charge >= 0.3 is 19.8 Å². The summed E-state index contributed by atoms with van der Waals surface area (Å²) in [6.45, 7) is 0. The van der Waals surface area contributed by atoms with Gasteiger partial charge in [-0.2, -0.15) is 13.2 Å². The van der Waals surface area contributed by atoms with Crippen LogP contribution >= 0.6 is 0 Å². The number of hydrogen-bond acceptors (Lipinski definition) is 4. The van der Waals surface area contributed by atoms with Crippen molar-refractivity contribution in [1.29, 1.82) is 0 Å². The third-order valence-corrected chi connectivity index (χ3v) is 0.398. The summed E-state index contributed by atoms with van der Waals surface area (Å²) in [6.07, 6.45) is -5.11. The van der Waals surface area contributed by atoms with Crippen molar-refractivity contribution in [3.05, 3.63) is 0 Å². The van der Waals surface area contributed by atoms with Gasteiger partial charge in [0.05, 0.1) is 0 Å². The Balaban J connectivity index is 3.64. The predicted octanol–water partition coefficient (Wildman–Crippen LogP) is -0.450. The number of carbonyl (C=O) groups excluding carboxylic acids is 1. The van der Waals surface area contributed by atoms with E-state index in [1.165, 1.54) is 0 Å². The number of alkyl halides is 3. The minimum Gasteiger partial charge on any atom is -0.426 e. The van der Waals surface area contributed by atoms with E-state index in [-0.39, 0.29) is 7.69 Å². The van der Waals surface area contributed by atoms with Crippen molar-refractivity contribution in [2.75, 3.05) is 0 Å². The molecule has 0 aromatic heterocycles. The molecule has 0 spiro atoms. The Morgan fingerprint density at radius 1 is 1.50 bits per heavy atom. The Kier molecular flexibility index (Phi) is 3.16. The molecule has 0 amide bonds. The summed E-state index contributed by atoms with van der Waals surface area (Å²) in [6, 6.07) is 0. The van der Waals surface area contributed by atoms with Crippen LogP contribution in [0.2, 0.25) is 0 Å². The molecule has 0 aromatic carbocycles. The molecule has 0 atom stereocenters. The van der Waals surface area contributed by atoms with Crippen molar-refractivity contribution in [1.82, 2.24) is 0 Å². The molecular formula is C2HBF3O4. The Hall–Kier alpha value is -0.755. The average Bonchev–Trinajstić information content (AvgIpc) is 1.80. The van der Waals surface area contributed by atoms with Gasteiger partial charge in [0.25, 0.3) is 0 Å². The topological polar surface area (TPSA) is 55.8 Å². The first-order chi connectivity index (χ1) is 4.48. The van der Waals surface area contributed by atoms with E-state index in [0.29, 0.717) is 0 Å². The Morgan fingerprint density at radius 2 is 2.00 bits per heavy atom. The van der Waals surface area contributed by atoms with Crippen molar-refractivity contribution in [3.63, 3.8) is 0 Å². The normalized spacial score (nSPS) is 10.8. The van der Waals surface area contributed by atoms with E-state index >= 15 is 0 Å². The van der Waals surface area contributed by atoms with Crippen molar-refractivity contribution in [2.45, 2.75) is 6.18 Å². The smallest absolute Gasteiger partial charge is 0.426 e. The summed E-state index contributed by atoms with van der Waals surface area (Å²) in [4.78, 5) is 15.8. The number of carbonyl (C=O) groups is 1. The first-order valence-electron chi connectivity index (χ1n) is 1.89. The molecule has 0 rings (SSSR count). The van der Waals surface area contributed by atoms with Crippen LogP contribution in [0.15, 0.2) is 0 Å². The van der Waals surface area contributed by atoms with Crippen LogP contribution in [0.1, 0.15) is 0 Å². The fraction of sp³-hybridized carbons (Fsp3) is 0.500. The highest BCUT2D eigenvalue weighted by molar-refractivity contribution is 6.15. The van der Waals surface area contributed by atoms with Crippen molar-refractivity contribution in [3.8, 4) is 0 Å². The second-order valence-electron chi connectivity index (χ2n) is 1.07. The van der Waals surface area contributed by atoms with Crippen LogP contribution in [-0.4, -0.2) is 24.9 Å². The molecule has 0 unspecified atom stereocenters. The van der Waals surface area contributed by atoms with Gasteiger partial charge in [0.1, 0.15) is 0 Å². The van der Waals surface area contributed by atoms with Crippen LogP contribution < -0.4 is 0 Å². The maximum absolute atomic E-state index is 11.1. The van der Waals surface area contributed by atoms with Crippen molar-refractivity contribution < 1.29 is 32.7 Å². The monoisotopic (exact) mass is 157 g/mol. The molecule has 0 aromatic rings. The Morgan fingerprint density at radius 3 is 2.30 bits per heavy atom. The predicted molar refractivity (Wildman–Crippen MR) is 21.2 cm³/mol. The summed E-state index contributed by atoms with van der Waals surface area (Å²) in [7, 11) is -0.191. The van der Waals surface area contributed by atoms with Gasteiger partial charge in [0.2, 0.25) is 0 Å². The third-order valence-electron chi connectivity index (χ3n) is 0.398. The van der Waals surface area contributed by atoms with Gasteiger partial charge in [-0.15, -0.1) is 0 Å². The summed E-state index contributed by atoms with van der Waals surface area (Å²) in [5.74, 6) is -2.53. The molecule has 0 aliphatic carbocycles. The zero-order valence-corrected chi connectivity index (χ0v) is 4.38. The second kappa shape index (κ2) is 3.42. The van der Waals surface area contributed by atoms with Crippen LogP contribution in [0.3, 0.4) is 0 Å². The maximum atomic E-state index is 11.1. The largest absolute Gasteiger partial charge is 0.539 e. The van der Waals surface area contributed by atoms with Gasteiger partial charge in [0.15, 0.2) is 0 Å². The van der Waals surface area contributed by atoms with Crippen LogP contribution in [0, 0.1) is 0 Å². The highest BCUT2D eigenvalue weighted by atomic mass is 19.4. The zero-order valence-electron chi connectivity index (χ0n) is 4.38. The SMILES string of the molecule is O=C(OO[B]O)C(F)(F)F. The number of rotatable bonds is 2. The van der Waals surface area contributed by atoms with Crippen molar-refractivity contribution >= 4 is 13.7 Å². The number of hydrogen-bond donors (Lipinski definition) is 1. The molecular weight excluding hydrogens is 156 g/mol. The average molecular weight is 157 g/mol. The quantitative estimate of drug-likeness (QED) is 0.335.